The Kier molecular flexibility index (Phi) is 5.10. The lowest BCUT2D eigenvalue weighted by molar-refractivity contribution is -0.141. The number of benzene rings is 1. The maximum absolute atomic E-state index is 15.0. The Labute approximate surface area is 189 Å². The number of nitrogens with zero attached hydrogens (tertiary/aromatic N) is 5. The molecule has 0 spiro atoms. The van der Waals surface area contributed by atoms with Crippen LogP contribution in [0.2, 0.25) is 0 Å². The van der Waals surface area contributed by atoms with Gasteiger partial charge < -0.3 is 10.5 Å². The van der Waals surface area contributed by atoms with Crippen LogP contribution in [0.25, 0.3) is 16.6 Å². The number of rotatable bonds is 3. The summed E-state index contributed by atoms with van der Waals surface area (Å²) in [7, 11) is 1.44. The third-order valence-electron chi connectivity index (χ3n) is 5.64. The molecule has 3 N–H and O–H groups in total. The number of nitrogens with two attached hydrogens (primary N) is 1. The number of alkyl halides is 3. The molecule has 176 valence electrons. The predicted octanol–water partition coefficient (Wildman–Crippen LogP) is 2.87. The zero-order valence-corrected chi connectivity index (χ0v) is 17.6. The van der Waals surface area contributed by atoms with Gasteiger partial charge in [0.2, 0.25) is 0 Å². The highest BCUT2D eigenvalue weighted by molar-refractivity contribution is 5.98. The summed E-state index contributed by atoms with van der Waals surface area (Å²) in [6.07, 6.45) is -1.66. The van der Waals surface area contributed by atoms with Crippen LogP contribution >= 0.6 is 0 Å². The van der Waals surface area contributed by atoms with Crippen LogP contribution in [0.1, 0.15) is 33.4 Å². The number of imidazole rings is 1. The first-order valence-electron chi connectivity index (χ1n) is 10.1. The van der Waals surface area contributed by atoms with Crippen molar-refractivity contribution in [1.82, 2.24) is 29.8 Å². The van der Waals surface area contributed by atoms with E-state index in [1.54, 1.807) is 4.40 Å². The SMILES string of the molecule is CNN(C(=O)c1cc2c(cc1F)nc(N)c1cncn12)C1COCc2nc(C(F)(F)F)ccc21. The first kappa shape index (κ1) is 22.0. The number of aromatic nitrogens is 4. The fourth-order valence-corrected chi connectivity index (χ4v) is 4.05. The molecule has 1 aromatic carbocycles. The molecule has 1 amide bonds. The lowest BCUT2D eigenvalue weighted by atomic mass is 10.0. The average molecular weight is 475 g/mol. The molecule has 3 aromatic heterocycles. The molecule has 13 heteroatoms. The zero-order valence-electron chi connectivity index (χ0n) is 17.6. The normalized spacial score (nSPS) is 16.1. The second kappa shape index (κ2) is 7.88. The molecule has 1 atom stereocenters. The molecule has 34 heavy (non-hydrogen) atoms. The lowest BCUT2D eigenvalue weighted by Crippen LogP contribution is -2.46. The summed E-state index contributed by atoms with van der Waals surface area (Å²) in [5.74, 6) is -1.44. The average Bonchev–Trinajstić information content (AvgIpc) is 3.29. The molecule has 5 rings (SSSR count). The van der Waals surface area contributed by atoms with Crippen LogP contribution in [0.15, 0.2) is 36.8 Å². The summed E-state index contributed by atoms with van der Waals surface area (Å²) in [6.45, 7) is -0.163. The lowest BCUT2D eigenvalue weighted by Gasteiger charge is -2.34. The largest absolute Gasteiger partial charge is 0.433 e. The van der Waals surface area contributed by atoms with Gasteiger partial charge in [-0.1, -0.05) is 6.07 Å². The van der Waals surface area contributed by atoms with Crippen LogP contribution in [0.4, 0.5) is 23.4 Å². The smallest absolute Gasteiger partial charge is 0.382 e. The number of hydrazine groups is 1. The monoisotopic (exact) mass is 475 g/mol. The summed E-state index contributed by atoms with van der Waals surface area (Å²) in [4.78, 5) is 25.3. The van der Waals surface area contributed by atoms with Crippen LogP contribution in [0.5, 0.6) is 0 Å². The van der Waals surface area contributed by atoms with Crippen molar-refractivity contribution in [2.75, 3.05) is 19.4 Å². The maximum atomic E-state index is 15.0. The highest BCUT2D eigenvalue weighted by Crippen LogP contribution is 2.34. The number of halogens is 4. The molecular formula is C21H17F4N7O2. The number of nitrogens with one attached hydrogen (secondary N) is 1. The van der Waals surface area contributed by atoms with Gasteiger partial charge in [0.1, 0.15) is 22.8 Å². The van der Waals surface area contributed by atoms with Gasteiger partial charge >= 0.3 is 6.18 Å². The van der Waals surface area contributed by atoms with Crippen molar-refractivity contribution in [3.8, 4) is 0 Å². The third-order valence-corrected chi connectivity index (χ3v) is 5.64. The molecule has 1 unspecified atom stereocenters. The van der Waals surface area contributed by atoms with Gasteiger partial charge in [0, 0.05) is 18.7 Å². The Bertz CT molecular complexity index is 1440. The fourth-order valence-electron chi connectivity index (χ4n) is 4.05. The minimum Gasteiger partial charge on any atom is -0.382 e. The molecule has 0 fully saturated rings. The fraction of sp³-hybridized carbons (Fsp3) is 0.238. The maximum Gasteiger partial charge on any atom is 0.433 e. The van der Waals surface area contributed by atoms with E-state index in [1.807, 2.05) is 0 Å². The van der Waals surface area contributed by atoms with Crippen molar-refractivity contribution in [3.05, 3.63) is 65.1 Å². The van der Waals surface area contributed by atoms with Crippen LogP contribution in [0, 0.1) is 5.82 Å². The topological polar surface area (TPSA) is 111 Å². The second-order valence-corrected chi connectivity index (χ2v) is 7.63. The zero-order chi connectivity index (χ0) is 24.2. The Hall–Kier alpha value is -3.84. The van der Waals surface area contributed by atoms with E-state index in [4.69, 9.17) is 10.5 Å². The van der Waals surface area contributed by atoms with E-state index in [0.29, 0.717) is 16.6 Å². The van der Waals surface area contributed by atoms with Gasteiger partial charge in [0.25, 0.3) is 5.91 Å². The summed E-state index contributed by atoms with van der Waals surface area (Å²) in [5.41, 5.74) is 8.80. The van der Waals surface area contributed by atoms with Gasteiger partial charge in [-0.2, -0.15) is 13.2 Å². The number of hydrogen-bond donors (Lipinski definition) is 2. The number of amides is 1. The van der Waals surface area contributed by atoms with E-state index in [-0.39, 0.29) is 35.8 Å². The van der Waals surface area contributed by atoms with Crippen LogP contribution in [-0.2, 0) is 17.5 Å². The number of hydrogen-bond acceptors (Lipinski definition) is 7. The number of carbonyl (C=O) groups excluding carboxylic acids is 1. The summed E-state index contributed by atoms with van der Waals surface area (Å²) >= 11 is 0. The molecule has 9 nitrogen and oxygen atoms in total. The van der Waals surface area contributed by atoms with E-state index in [0.717, 1.165) is 17.1 Å². The van der Waals surface area contributed by atoms with Gasteiger partial charge in [-0.05, 0) is 12.1 Å². The highest BCUT2D eigenvalue weighted by atomic mass is 19.4. The molecule has 4 heterocycles. The Balaban J connectivity index is 1.57. The number of nitrogen functional groups attached to an aromatic ring is 1. The quantitative estimate of drug-likeness (QED) is 0.346. The molecule has 1 aliphatic rings. The van der Waals surface area contributed by atoms with Crippen molar-refractivity contribution in [3.63, 3.8) is 0 Å². The highest BCUT2D eigenvalue weighted by Gasteiger charge is 2.36. The predicted molar refractivity (Wildman–Crippen MR) is 112 cm³/mol. The first-order chi connectivity index (χ1) is 16.2. The summed E-state index contributed by atoms with van der Waals surface area (Å²) in [6, 6.07) is 3.68. The van der Waals surface area contributed by atoms with Gasteiger partial charge in [0.05, 0.1) is 54.1 Å². The Morgan fingerprint density at radius 3 is 2.79 bits per heavy atom. The minimum absolute atomic E-state index is 0.0221. The van der Waals surface area contributed by atoms with E-state index in [2.05, 4.69) is 20.4 Å². The van der Waals surface area contributed by atoms with Gasteiger partial charge in [0.15, 0.2) is 0 Å². The molecule has 0 aliphatic carbocycles. The van der Waals surface area contributed by atoms with Crippen molar-refractivity contribution in [1.29, 1.82) is 0 Å². The summed E-state index contributed by atoms with van der Waals surface area (Å²) in [5, 5.41) is 1.10. The number of anilines is 1. The Morgan fingerprint density at radius 2 is 2.06 bits per heavy atom. The van der Waals surface area contributed by atoms with Crippen molar-refractivity contribution in [2.24, 2.45) is 0 Å². The minimum atomic E-state index is -4.62. The third kappa shape index (κ3) is 3.49. The van der Waals surface area contributed by atoms with E-state index in [1.165, 1.54) is 31.7 Å². The van der Waals surface area contributed by atoms with Crippen LogP contribution < -0.4 is 11.2 Å². The molecule has 1 aliphatic heterocycles. The molecule has 0 saturated heterocycles. The van der Waals surface area contributed by atoms with Crippen molar-refractivity contribution >= 4 is 28.3 Å². The summed E-state index contributed by atoms with van der Waals surface area (Å²) < 4.78 is 61.2. The van der Waals surface area contributed by atoms with Gasteiger partial charge in [-0.25, -0.2) is 24.8 Å². The van der Waals surface area contributed by atoms with Gasteiger partial charge in [-0.15, -0.1) is 0 Å². The molecule has 4 aromatic rings. The number of fused-ring (bicyclic) bond motifs is 4. The first-order valence-corrected chi connectivity index (χ1v) is 10.1. The van der Waals surface area contributed by atoms with E-state index in [9.17, 15) is 18.0 Å². The van der Waals surface area contributed by atoms with Crippen LogP contribution in [-0.4, -0.2) is 43.9 Å². The molecule has 0 bridgehead atoms. The van der Waals surface area contributed by atoms with Crippen molar-refractivity contribution in [2.45, 2.75) is 18.8 Å². The number of pyridine rings is 1. The van der Waals surface area contributed by atoms with Gasteiger partial charge in [-0.3, -0.25) is 14.2 Å². The Morgan fingerprint density at radius 1 is 1.26 bits per heavy atom. The molecule has 0 radical (unpaired) electrons. The molecule has 0 saturated carbocycles. The van der Waals surface area contributed by atoms with Crippen molar-refractivity contribution < 1.29 is 27.1 Å². The number of carbonyl (C=O) groups is 1. The second-order valence-electron chi connectivity index (χ2n) is 7.63. The standard InChI is InChI=1S/C21H17F4N7O2/c1-27-32(17-8-34-7-14-10(17)2-3-18(29-14)21(23,24)25)20(33)11-4-15-13(5-12(11)22)30-19(26)16-6-28-9-31(15)16/h2-6,9,17,27H,7-8H2,1H3,(H2,26,30). The number of ether oxygens (including phenoxy) is 1. The van der Waals surface area contributed by atoms with Crippen LogP contribution in [0.3, 0.4) is 0 Å². The van der Waals surface area contributed by atoms with E-state index >= 15 is 4.39 Å². The van der Waals surface area contributed by atoms with E-state index < -0.39 is 29.6 Å². The molecular weight excluding hydrogens is 458 g/mol.